The van der Waals surface area contributed by atoms with E-state index in [1.54, 1.807) is 17.0 Å². The number of carbonyl (C=O) groups is 2. The van der Waals surface area contributed by atoms with Gasteiger partial charge in [-0.3, -0.25) is 9.59 Å². The summed E-state index contributed by atoms with van der Waals surface area (Å²) in [6, 6.07) is 12.6. The first-order valence-corrected chi connectivity index (χ1v) is 12.7. The summed E-state index contributed by atoms with van der Waals surface area (Å²) in [6.45, 7) is 8.96. The summed E-state index contributed by atoms with van der Waals surface area (Å²) in [7, 11) is 0. The van der Waals surface area contributed by atoms with Crippen molar-refractivity contribution in [3.63, 3.8) is 0 Å². The molecule has 1 atom stereocenters. The highest BCUT2D eigenvalue weighted by atomic mass is 79.9. The highest BCUT2D eigenvalue weighted by molar-refractivity contribution is 9.10. The first-order chi connectivity index (χ1) is 15.8. The van der Waals surface area contributed by atoms with E-state index >= 15 is 0 Å². The van der Waals surface area contributed by atoms with Gasteiger partial charge in [-0.1, -0.05) is 63.9 Å². The zero-order chi connectivity index (χ0) is 24.4. The number of hydrogen-bond donors (Lipinski definition) is 1. The van der Waals surface area contributed by atoms with Gasteiger partial charge in [0.2, 0.25) is 5.91 Å². The van der Waals surface area contributed by atoms with Crippen molar-refractivity contribution in [3.8, 4) is 5.75 Å². The number of nitrogens with zero attached hydrogens (tertiary/aromatic N) is 1. The maximum Gasteiger partial charge on any atom is 0.261 e. The summed E-state index contributed by atoms with van der Waals surface area (Å²) in [4.78, 5) is 27.8. The van der Waals surface area contributed by atoms with Gasteiger partial charge in [0.25, 0.3) is 5.91 Å². The Bertz CT molecular complexity index is 918. The third-order valence-electron chi connectivity index (χ3n) is 5.46. The van der Waals surface area contributed by atoms with E-state index in [-0.39, 0.29) is 18.4 Å². The molecule has 0 aliphatic rings. The molecule has 1 N–H and O–H groups in total. The third kappa shape index (κ3) is 8.35. The molecule has 0 aliphatic carbocycles. The molecule has 2 rings (SSSR count). The van der Waals surface area contributed by atoms with Crippen LogP contribution in [0.1, 0.15) is 64.0 Å². The minimum atomic E-state index is -0.583. The van der Waals surface area contributed by atoms with E-state index < -0.39 is 6.04 Å². The van der Waals surface area contributed by atoms with E-state index in [1.165, 1.54) is 5.56 Å². The van der Waals surface area contributed by atoms with Crippen LogP contribution in [-0.4, -0.2) is 35.9 Å². The molecule has 0 spiro atoms. The summed E-state index contributed by atoms with van der Waals surface area (Å²) < 4.78 is 6.65. The van der Waals surface area contributed by atoms with Gasteiger partial charge in [0, 0.05) is 18.1 Å². The SMILES string of the molecule is CCCCNC(=O)C(CC)N(Cc1ccc(Cl)cc1)C(=O)COc1ccc(C(C)C)cc1Br. The maximum absolute atomic E-state index is 13.3. The first-order valence-electron chi connectivity index (χ1n) is 11.5. The molecule has 0 radical (unpaired) electrons. The highest BCUT2D eigenvalue weighted by Gasteiger charge is 2.29. The Morgan fingerprint density at radius 2 is 1.82 bits per heavy atom. The lowest BCUT2D eigenvalue weighted by atomic mass is 10.0. The van der Waals surface area contributed by atoms with Crippen LogP contribution in [0.25, 0.3) is 0 Å². The maximum atomic E-state index is 13.3. The first kappa shape index (κ1) is 27.2. The molecule has 0 bridgehead atoms. The van der Waals surface area contributed by atoms with Crippen molar-refractivity contribution >= 4 is 39.3 Å². The Morgan fingerprint density at radius 1 is 1.12 bits per heavy atom. The van der Waals surface area contributed by atoms with Gasteiger partial charge in [-0.15, -0.1) is 0 Å². The average Bonchev–Trinajstić information content (AvgIpc) is 2.79. The lowest BCUT2D eigenvalue weighted by Crippen LogP contribution is -2.50. The quantitative estimate of drug-likeness (QED) is 0.322. The Kier molecular flexibility index (Phi) is 11.2. The number of carbonyl (C=O) groups excluding carboxylic acids is 2. The average molecular weight is 538 g/mol. The van der Waals surface area contributed by atoms with Crippen LogP contribution in [0.5, 0.6) is 5.75 Å². The summed E-state index contributed by atoms with van der Waals surface area (Å²) in [6.07, 6.45) is 2.39. The van der Waals surface area contributed by atoms with Crippen LogP contribution in [0.4, 0.5) is 0 Å². The molecule has 0 aromatic heterocycles. The Balaban J connectivity index is 2.19. The second kappa shape index (κ2) is 13.6. The number of unbranched alkanes of at least 4 members (excludes halogenated alkanes) is 1. The van der Waals surface area contributed by atoms with Crippen molar-refractivity contribution in [2.45, 2.75) is 65.5 Å². The van der Waals surface area contributed by atoms with Crippen LogP contribution in [0.15, 0.2) is 46.9 Å². The molecule has 2 amide bonds. The second-order valence-corrected chi connectivity index (χ2v) is 9.64. The lowest BCUT2D eigenvalue weighted by molar-refractivity contribution is -0.143. The molecule has 5 nitrogen and oxygen atoms in total. The smallest absolute Gasteiger partial charge is 0.261 e. The minimum Gasteiger partial charge on any atom is -0.483 e. The Labute approximate surface area is 211 Å². The molecule has 180 valence electrons. The van der Waals surface area contributed by atoms with Crippen molar-refractivity contribution in [2.75, 3.05) is 13.2 Å². The van der Waals surface area contributed by atoms with Crippen molar-refractivity contribution in [1.29, 1.82) is 0 Å². The standard InChI is InChI=1S/C26H34BrClN2O3/c1-5-7-14-29-26(32)23(6-2)30(16-19-8-11-21(28)12-9-19)25(31)17-33-24-13-10-20(18(3)4)15-22(24)27/h8-13,15,18,23H,5-7,14,16-17H2,1-4H3,(H,29,32). The molecule has 0 fully saturated rings. The third-order valence-corrected chi connectivity index (χ3v) is 6.33. The predicted octanol–water partition coefficient (Wildman–Crippen LogP) is 6.33. The normalized spacial score (nSPS) is 11.8. The van der Waals surface area contributed by atoms with E-state index in [4.69, 9.17) is 16.3 Å². The second-order valence-electron chi connectivity index (χ2n) is 8.35. The van der Waals surface area contributed by atoms with Gasteiger partial charge in [0.1, 0.15) is 11.8 Å². The number of ether oxygens (including phenoxy) is 1. The topological polar surface area (TPSA) is 58.6 Å². The molecule has 0 heterocycles. The van der Waals surface area contributed by atoms with Gasteiger partial charge in [-0.2, -0.15) is 0 Å². The zero-order valence-corrected chi connectivity index (χ0v) is 22.2. The monoisotopic (exact) mass is 536 g/mol. The van der Waals surface area contributed by atoms with E-state index in [0.717, 1.165) is 22.9 Å². The minimum absolute atomic E-state index is 0.143. The largest absolute Gasteiger partial charge is 0.483 e. The molecular weight excluding hydrogens is 504 g/mol. The molecule has 1 unspecified atom stereocenters. The molecular formula is C26H34BrClN2O3. The number of nitrogens with one attached hydrogen (secondary N) is 1. The van der Waals surface area contributed by atoms with E-state index in [1.807, 2.05) is 37.3 Å². The van der Waals surface area contributed by atoms with Gasteiger partial charge in [-0.05, 0) is 70.1 Å². The molecule has 7 heteroatoms. The number of benzene rings is 2. The van der Waals surface area contributed by atoms with Crippen LogP contribution >= 0.6 is 27.5 Å². The van der Waals surface area contributed by atoms with Gasteiger partial charge in [-0.25, -0.2) is 0 Å². The van der Waals surface area contributed by atoms with Gasteiger partial charge in [0.05, 0.1) is 4.47 Å². The molecule has 0 saturated heterocycles. The van der Waals surface area contributed by atoms with Crippen molar-refractivity contribution in [2.24, 2.45) is 0 Å². The molecule has 33 heavy (non-hydrogen) atoms. The van der Waals surface area contributed by atoms with Crippen LogP contribution < -0.4 is 10.1 Å². The van der Waals surface area contributed by atoms with Crippen LogP contribution in [0.2, 0.25) is 5.02 Å². The summed E-state index contributed by atoms with van der Waals surface area (Å²) in [5.41, 5.74) is 2.08. The van der Waals surface area contributed by atoms with Gasteiger partial charge < -0.3 is 15.0 Å². The fourth-order valence-corrected chi connectivity index (χ4v) is 4.06. The Hall–Kier alpha value is -2.05. The molecule has 0 saturated carbocycles. The van der Waals surface area contributed by atoms with E-state index in [0.29, 0.717) is 36.2 Å². The van der Waals surface area contributed by atoms with E-state index in [9.17, 15) is 9.59 Å². The number of rotatable bonds is 12. The van der Waals surface area contributed by atoms with Crippen molar-refractivity contribution in [1.82, 2.24) is 10.2 Å². The Morgan fingerprint density at radius 3 is 2.39 bits per heavy atom. The van der Waals surface area contributed by atoms with Crippen molar-refractivity contribution in [3.05, 3.63) is 63.1 Å². The predicted molar refractivity (Wildman–Crippen MR) is 138 cm³/mol. The number of halogens is 2. The fourth-order valence-electron chi connectivity index (χ4n) is 3.43. The molecule has 2 aromatic rings. The van der Waals surface area contributed by atoms with Crippen molar-refractivity contribution < 1.29 is 14.3 Å². The molecule has 0 aliphatic heterocycles. The van der Waals surface area contributed by atoms with Gasteiger partial charge >= 0.3 is 0 Å². The number of amides is 2. The fraction of sp³-hybridized carbons (Fsp3) is 0.462. The summed E-state index contributed by atoms with van der Waals surface area (Å²) in [5.74, 6) is 0.598. The highest BCUT2D eigenvalue weighted by Crippen LogP contribution is 2.29. The van der Waals surface area contributed by atoms with Crippen LogP contribution in [-0.2, 0) is 16.1 Å². The van der Waals surface area contributed by atoms with Crippen LogP contribution in [0.3, 0.4) is 0 Å². The molecule has 2 aromatic carbocycles. The lowest BCUT2D eigenvalue weighted by Gasteiger charge is -2.30. The summed E-state index contributed by atoms with van der Waals surface area (Å²) >= 11 is 9.55. The van der Waals surface area contributed by atoms with Crippen LogP contribution in [0, 0.1) is 0 Å². The van der Waals surface area contributed by atoms with Gasteiger partial charge in [0.15, 0.2) is 6.61 Å². The zero-order valence-electron chi connectivity index (χ0n) is 19.9. The summed E-state index contributed by atoms with van der Waals surface area (Å²) in [5, 5.41) is 3.59. The number of hydrogen-bond acceptors (Lipinski definition) is 3. The van der Waals surface area contributed by atoms with E-state index in [2.05, 4.69) is 42.0 Å².